The molecule has 1 aliphatic heterocycles. The van der Waals surface area contributed by atoms with Crippen molar-refractivity contribution < 1.29 is 13.2 Å². The fraction of sp³-hybridized carbons (Fsp3) is 0.429. The van der Waals surface area contributed by atoms with Gasteiger partial charge in [0.15, 0.2) is 15.5 Å². The lowest BCUT2D eigenvalue weighted by Crippen LogP contribution is -2.36. The Morgan fingerprint density at radius 2 is 2.17 bits per heavy atom. The zero-order valence-corrected chi connectivity index (χ0v) is 13.1. The minimum absolute atomic E-state index is 0.0167. The lowest BCUT2D eigenvalue weighted by molar-refractivity contribution is -0.121. The number of rotatable bonds is 4. The van der Waals surface area contributed by atoms with Gasteiger partial charge in [0, 0.05) is 25.1 Å². The summed E-state index contributed by atoms with van der Waals surface area (Å²) in [4.78, 5) is 24.1. The zero-order valence-electron chi connectivity index (χ0n) is 12.3. The SMILES string of the molecule is O=C(CCc1nnc2ccccn2c1=O)N[C@@H]1CCS(=O)(=O)C1. The highest BCUT2D eigenvalue weighted by atomic mass is 32.2. The molecule has 8 nitrogen and oxygen atoms in total. The predicted octanol–water partition coefficient (Wildman–Crippen LogP) is -0.675. The Balaban J connectivity index is 1.63. The molecule has 0 bridgehead atoms. The molecule has 1 atom stereocenters. The Bertz CT molecular complexity index is 906. The van der Waals surface area contributed by atoms with Crippen LogP contribution >= 0.6 is 0 Å². The Labute approximate surface area is 132 Å². The number of aryl methyl sites for hydroxylation is 1. The van der Waals surface area contributed by atoms with E-state index < -0.39 is 9.84 Å². The van der Waals surface area contributed by atoms with Crippen LogP contribution in [0.3, 0.4) is 0 Å². The summed E-state index contributed by atoms with van der Waals surface area (Å²) in [6.07, 6.45) is 2.26. The van der Waals surface area contributed by atoms with E-state index in [2.05, 4.69) is 15.5 Å². The molecule has 1 amide bonds. The maximum atomic E-state index is 12.2. The third-order valence-corrected chi connectivity index (χ3v) is 5.53. The summed E-state index contributed by atoms with van der Waals surface area (Å²) in [5.41, 5.74) is 0.358. The minimum Gasteiger partial charge on any atom is -0.352 e. The van der Waals surface area contributed by atoms with Crippen molar-refractivity contribution in [2.24, 2.45) is 0 Å². The summed E-state index contributed by atoms with van der Waals surface area (Å²) in [5.74, 6) is -0.196. The highest BCUT2D eigenvalue weighted by Crippen LogP contribution is 2.11. The van der Waals surface area contributed by atoms with Gasteiger partial charge in [0.25, 0.3) is 5.56 Å². The molecule has 3 rings (SSSR count). The Morgan fingerprint density at radius 1 is 1.35 bits per heavy atom. The molecule has 0 unspecified atom stereocenters. The van der Waals surface area contributed by atoms with E-state index in [4.69, 9.17) is 0 Å². The number of fused-ring (bicyclic) bond motifs is 1. The average molecular weight is 336 g/mol. The number of nitrogens with zero attached hydrogens (tertiary/aromatic N) is 3. The first-order valence-electron chi connectivity index (χ1n) is 7.27. The first-order valence-corrected chi connectivity index (χ1v) is 9.09. The van der Waals surface area contributed by atoms with Crippen LogP contribution in [0.2, 0.25) is 0 Å². The largest absolute Gasteiger partial charge is 0.352 e. The van der Waals surface area contributed by atoms with E-state index in [0.717, 1.165) is 0 Å². The predicted molar refractivity (Wildman–Crippen MR) is 82.8 cm³/mol. The van der Waals surface area contributed by atoms with E-state index in [-0.39, 0.29) is 47.5 Å². The number of nitrogens with one attached hydrogen (secondary N) is 1. The number of amides is 1. The fourth-order valence-corrected chi connectivity index (χ4v) is 4.25. The van der Waals surface area contributed by atoms with Crippen LogP contribution in [0, 0.1) is 0 Å². The van der Waals surface area contributed by atoms with Crippen LogP contribution in [0.1, 0.15) is 18.5 Å². The maximum Gasteiger partial charge on any atom is 0.279 e. The third kappa shape index (κ3) is 3.55. The smallest absolute Gasteiger partial charge is 0.279 e. The highest BCUT2D eigenvalue weighted by Gasteiger charge is 2.28. The molecule has 2 aromatic heterocycles. The Kier molecular flexibility index (Phi) is 4.12. The summed E-state index contributed by atoms with van der Waals surface area (Å²) in [5, 5.41) is 10.5. The number of carbonyl (C=O) groups is 1. The van der Waals surface area contributed by atoms with Crippen molar-refractivity contribution in [2.45, 2.75) is 25.3 Å². The van der Waals surface area contributed by atoms with Crippen LogP contribution in [-0.4, -0.2) is 46.5 Å². The van der Waals surface area contributed by atoms with Gasteiger partial charge in [-0.1, -0.05) is 6.07 Å². The molecule has 2 aromatic rings. The van der Waals surface area contributed by atoms with Gasteiger partial charge in [-0.25, -0.2) is 8.42 Å². The second-order valence-corrected chi connectivity index (χ2v) is 7.78. The van der Waals surface area contributed by atoms with Crippen molar-refractivity contribution in [3.8, 4) is 0 Å². The van der Waals surface area contributed by atoms with Gasteiger partial charge >= 0.3 is 0 Å². The average Bonchev–Trinajstić information content (AvgIpc) is 2.85. The van der Waals surface area contributed by atoms with Gasteiger partial charge in [-0.05, 0) is 18.6 Å². The van der Waals surface area contributed by atoms with Gasteiger partial charge in [-0.15, -0.1) is 10.2 Å². The Hall–Kier alpha value is -2.29. The number of aromatic nitrogens is 3. The lowest BCUT2D eigenvalue weighted by Gasteiger charge is -2.10. The minimum atomic E-state index is -3.03. The van der Waals surface area contributed by atoms with Crippen molar-refractivity contribution in [3.63, 3.8) is 0 Å². The third-order valence-electron chi connectivity index (χ3n) is 3.76. The summed E-state index contributed by atoms with van der Waals surface area (Å²) in [7, 11) is -3.03. The van der Waals surface area contributed by atoms with Crippen LogP contribution in [0.4, 0.5) is 0 Å². The standard InChI is InChI=1S/C14H16N4O4S/c19-13(15-10-6-8-23(21,22)9-10)5-4-11-14(20)18-7-2-1-3-12(18)17-16-11/h1-3,7,10H,4-6,8-9H2,(H,15,19)/t10-/m1/s1. The van der Waals surface area contributed by atoms with Crippen molar-refractivity contribution in [3.05, 3.63) is 40.4 Å². The molecular formula is C14H16N4O4S. The molecule has 1 saturated heterocycles. The number of carbonyl (C=O) groups excluding carboxylic acids is 1. The van der Waals surface area contributed by atoms with Crippen LogP contribution in [0.5, 0.6) is 0 Å². The molecule has 0 radical (unpaired) electrons. The van der Waals surface area contributed by atoms with Crippen LogP contribution in [-0.2, 0) is 21.1 Å². The van der Waals surface area contributed by atoms with Crippen molar-refractivity contribution >= 4 is 21.4 Å². The fourth-order valence-electron chi connectivity index (χ4n) is 2.58. The molecule has 0 aliphatic carbocycles. The first kappa shape index (κ1) is 15.6. The van der Waals surface area contributed by atoms with Crippen LogP contribution in [0.25, 0.3) is 5.65 Å². The van der Waals surface area contributed by atoms with E-state index in [1.54, 1.807) is 24.4 Å². The van der Waals surface area contributed by atoms with Gasteiger partial charge in [0.2, 0.25) is 5.91 Å². The topological polar surface area (TPSA) is 110 Å². The summed E-state index contributed by atoms with van der Waals surface area (Å²) < 4.78 is 24.1. The normalized spacial score (nSPS) is 19.7. The summed E-state index contributed by atoms with van der Waals surface area (Å²) >= 11 is 0. The van der Waals surface area contributed by atoms with E-state index in [1.807, 2.05) is 0 Å². The van der Waals surface area contributed by atoms with Gasteiger partial charge in [-0.3, -0.25) is 14.0 Å². The van der Waals surface area contributed by atoms with E-state index in [9.17, 15) is 18.0 Å². The maximum absolute atomic E-state index is 12.2. The van der Waals surface area contributed by atoms with Gasteiger partial charge in [-0.2, -0.15) is 0 Å². The van der Waals surface area contributed by atoms with Gasteiger partial charge < -0.3 is 5.32 Å². The van der Waals surface area contributed by atoms with E-state index in [0.29, 0.717) is 12.1 Å². The molecule has 1 N–H and O–H groups in total. The molecule has 0 saturated carbocycles. The highest BCUT2D eigenvalue weighted by molar-refractivity contribution is 7.91. The number of sulfone groups is 1. The van der Waals surface area contributed by atoms with Crippen molar-refractivity contribution in [1.82, 2.24) is 19.9 Å². The molecule has 23 heavy (non-hydrogen) atoms. The molecular weight excluding hydrogens is 320 g/mol. The molecule has 122 valence electrons. The van der Waals surface area contributed by atoms with E-state index >= 15 is 0 Å². The molecule has 0 aromatic carbocycles. The molecule has 9 heteroatoms. The van der Waals surface area contributed by atoms with Crippen molar-refractivity contribution in [1.29, 1.82) is 0 Å². The number of pyridine rings is 1. The molecule has 3 heterocycles. The summed E-state index contributed by atoms with van der Waals surface area (Å²) in [6.45, 7) is 0. The van der Waals surface area contributed by atoms with Crippen LogP contribution < -0.4 is 10.9 Å². The second-order valence-electron chi connectivity index (χ2n) is 5.55. The van der Waals surface area contributed by atoms with Crippen LogP contribution in [0.15, 0.2) is 29.2 Å². The quantitative estimate of drug-likeness (QED) is 0.792. The number of hydrogen-bond acceptors (Lipinski definition) is 6. The first-order chi connectivity index (χ1) is 10.9. The molecule has 1 fully saturated rings. The monoisotopic (exact) mass is 336 g/mol. The molecule has 1 aliphatic rings. The van der Waals surface area contributed by atoms with Gasteiger partial charge in [0.1, 0.15) is 5.69 Å². The number of hydrogen-bond donors (Lipinski definition) is 1. The lowest BCUT2D eigenvalue weighted by atomic mass is 10.2. The second kappa shape index (κ2) is 6.07. The zero-order chi connectivity index (χ0) is 16.4. The van der Waals surface area contributed by atoms with Gasteiger partial charge in [0.05, 0.1) is 11.5 Å². The summed E-state index contributed by atoms with van der Waals surface area (Å²) in [6, 6.07) is 4.81. The molecule has 0 spiro atoms. The van der Waals surface area contributed by atoms with E-state index in [1.165, 1.54) is 4.40 Å². The van der Waals surface area contributed by atoms with Crippen molar-refractivity contribution in [2.75, 3.05) is 11.5 Å². The Morgan fingerprint density at radius 3 is 2.91 bits per heavy atom.